The summed E-state index contributed by atoms with van der Waals surface area (Å²) in [6.45, 7) is 0.917. The van der Waals surface area contributed by atoms with Crippen molar-refractivity contribution in [1.29, 1.82) is 0 Å². The Balaban J connectivity index is 1.48. The van der Waals surface area contributed by atoms with Gasteiger partial charge in [-0.2, -0.15) is 9.97 Å². The Bertz CT molecular complexity index is 1170. The van der Waals surface area contributed by atoms with Crippen LogP contribution in [0, 0.1) is 12.3 Å². The van der Waals surface area contributed by atoms with E-state index in [0.29, 0.717) is 13.1 Å². The number of carboxylic acid groups (broad SMARTS) is 1. The minimum absolute atomic E-state index is 0.00553. The quantitative estimate of drug-likeness (QED) is 0.181. The van der Waals surface area contributed by atoms with Crippen molar-refractivity contribution < 1.29 is 33.8 Å². The summed E-state index contributed by atoms with van der Waals surface area (Å²) in [6, 6.07) is 0. The zero-order valence-corrected chi connectivity index (χ0v) is 20.6. The van der Waals surface area contributed by atoms with Gasteiger partial charge in [-0.3, -0.25) is 4.57 Å². The first-order valence-corrected chi connectivity index (χ1v) is 13.1. The number of halogens is 1. The number of nitrogens with two attached hydrogens (primary N) is 1. The molecule has 0 radical (unpaired) electrons. The van der Waals surface area contributed by atoms with Gasteiger partial charge in [0.15, 0.2) is 23.3 Å². The number of aliphatic hydroxyl groups excluding tert-OH is 1. The summed E-state index contributed by atoms with van der Waals surface area (Å²) in [6.07, 6.45) is 4.42. The van der Waals surface area contributed by atoms with E-state index in [1.54, 1.807) is 4.31 Å². The van der Waals surface area contributed by atoms with Crippen molar-refractivity contribution >= 4 is 57.3 Å². The molecule has 0 aromatic carbocycles. The summed E-state index contributed by atoms with van der Waals surface area (Å²) >= 11 is 6.73. The van der Waals surface area contributed by atoms with Crippen molar-refractivity contribution in [2.45, 2.75) is 42.3 Å². The first-order valence-electron chi connectivity index (χ1n) is 10.4. The van der Waals surface area contributed by atoms with E-state index in [4.69, 9.17) is 33.2 Å². The lowest BCUT2D eigenvalue weighted by Crippen LogP contribution is -2.48. The molecule has 2 fully saturated rings. The Hall–Kier alpha value is -2.03. The lowest BCUT2D eigenvalue weighted by Gasteiger charge is -2.26. The third-order valence-corrected chi connectivity index (χ3v) is 8.82. The first kappa shape index (κ1) is 26.0. The average Bonchev–Trinajstić information content (AvgIpc) is 3.54. The number of nitrogen functional groups attached to an aromatic ring is 1. The topological polar surface area (TPSA) is 186 Å². The third-order valence-electron chi connectivity index (χ3n) is 5.72. The average molecular weight is 547 g/mol. The van der Waals surface area contributed by atoms with Crippen LogP contribution in [-0.4, -0.2) is 97.3 Å². The molecule has 190 valence electrons. The van der Waals surface area contributed by atoms with Gasteiger partial charge in [-0.1, -0.05) is 5.92 Å². The Labute approximate surface area is 211 Å². The molecule has 2 unspecified atom stereocenters. The van der Waals surface area contributed by atoms with Gasteiger partial charge < -0.3 is 30.5 Å². The number of terminal acetylenes is 1. The number of thioether (sulfide) groups is 1. The van der Waals surface area contributed by atoms with Crippen LogP contribution in [0.15, 0.2) is 6.33 Å². The van der Waals surface area contributed by atoms with Crippen LogP contribution < -0.4 is 5.73 Å². The Morgan fingerprint density at radius 2 is 2.20 bits per heavy atom. The molecule has 0 bridgehead atoms. The minimum atomic E-state index is -2.23. The summed E-state index contributed by atoms with van der Waals surface area (Å²) in [7, 11) is -1.35. The van der Waals surface area contributed by atoms with Crippen molar-refractivity contribution in [1.82, 2.24) is 23.8 Å². The van der Waals surface area contributed by atoms with Gasteiger partial charge in [-0.25, -0.2) is 18.3 Å². The fraction of sp³-hybridized carbons (Fsp3) is 0.579. The SMILES string of the molecule is C#C[C@@]1(O)[C@@H](COC(SCS(=O)N2CCCC2)C(=O)O)O[C@@H](n2cnc3c(N)nc(Cl)nc32)[C@@H]1O. The first-order chi connectivity index (χ1) is 16.7. The van der Waals surface area contributed by atoms with Gasteiger partial charge in [0.05, 0.1) is 18.0 Å². The van der Waals surface area contributed by atoms with E-state index in [0.717, 1.165) is 24.6 Å². The van der Waals surface area contributed by atoms with E-state index in [9.17, 15) is 24.3 Å². The minimum Gasteiger partial charge on any atom is -0.479 e. The molecule has 16 heteroatoms. The van der Waals surface area contributed by atoms with E-state index in [-0.39, 0.29) is 27.4 Å². The Morgan fingerprint density at radius 1 is 1.49 bits per heavy atom. The second-order valence-electron chi connectivity index (χ2n) is 7.88. The molecule has 6 atom stereocenters. The van der Waals surface area contributed by atoms with Crippen molar-refractivity contribution in [3.63, 3.8) is 0 Å². The standard InChI is InChI=1S/C19H23ClN6O7S2/c1-2-19(30)10(7-32-17(16(28)29)34-9-35(31)25-5-3-4-6-25)33-15(12(19)27)26-8-22-11-13(21)23-18(20)24-14(11)26/h1,8,10,12,15,17,27,30H,3-7,9H2,(H,28,29)(H2,21,23,24)/t10-,12+,15-,17?,19-,35?/m1/s1. The van der Waals surface area contributed by atoms with Crippen molar-refractivity contribution in [2.75, 3.05) is 30.5 Å². The molecule has 4 heterocycles. The number of carbonyl (C=O) groups is 1. The highest BCUT2D eigenvalue weighted by molar-refractivity contribution is 8.10. The summed E-state index contributed by atoms with van der Waals surface area (Å²) in [5.41, 5.74) is 2.52. The number of aliphatic carboxylic acids is 1. The summed E-state index contributed by atoms with van der Waals surface area (Å²) in [5.74, 6) is 0.826. The van der Waals surface area contributed by atoms with Crippen LogP contribution in [-0.2, 0) is 25.3 Å². The highest BCUT2D eigenvalue weighted by Crippen LogP contribution is 2.39. The zero-order valence-electron chi connectivity index (χ0n) is 18.2. The number of fused-ring (bicyclic) bond motifs is 1. The molecule has 2 aliphatic rings. The lowest BCUT2D eigenvalue weighted by atomic mass is 9.93. The molecule has 0 aliphatic carbocycles. The number of aliphatic hydroxyl groups is 2. The molecular weight excluding hydrogens is 524 g/mol. The summed E-state index contributed by atoms with van der Waals surface area (Å²) in [5, 5.41) is 31.2. The maximum atomic E-state index is 12.4. The number of hydrogen-bond donors (Lipinski definition) is 4. The molecule has 0 amide bonds. The van der Waals surface area contributed by atoms with Gasteiger partial charge in [0.1, 0.15) is 28.7 Å². The van der Waals surface area contributed by atoms with Gasteiger partial charge >= 0.3 is 5.97 Å². The largest absolute Gasteiger partial charge is 0.479 e. The van der Waals surface area contributed by atoms with Gasteiger partial charge in [0.25, 0.3) is 0 Å². The maximum Gasteiger partial charge on any atom is 0.343 e. The van der Waals surface area contributed by atoms with Gasteiger partial charge in [-0.05, 0) is 24.4 Å². The zero-order chi connectivity index (χ0) is 25.3. The summed E-state index contributed by atoms with van der Waals surface area (Å²) < 4.78 is 26.7. The monoisotopic (exact) mass is 546 g/mol. The van der Waals surface area contributed by atoms with Gasteiger partial charge in [0, 0.05) is 13.1 Å². The van der Waals surface area contributed by atoms with Crippen LogP contribution in [0.1, 0.15) is 19.1 Å². The molecule has 2 aliphatic heterocycles. The number of carboxylic acids is 1. The molecule has 2 saturated heterocycles. The molecule has 2 aromatic heterocycles. The van der Waals surface area contributed by atoms with E-state index in [2.05, 4.69) is 20.9 Å². The molecule has 2 aromatic rings. The maximum absolute atomic E-state index is 12.4. The summed E-state index contributed by atoms with van der Waals surface area (Å²) in [4.78, 5) is 23.6. The van der Waals surface area contributed by atoms with Crippen LogP contribution in [0.4, 0.5) is 5.82 Å². The number of hydrogen-bond acceptors (Lipinski definition) is 11. The Kier molecular flexibility index (Phi) is 7.83. The third kappa shape index (κ3) is 5.11. The highest BCUT2D eigenvalue weighted by atomic mass is 35.5. The number of aromatic nitrogens is 4. The molecule has 4 rings (SSSR count). The van der Waals surface area contributed by atoms with Crippen LogP contribution >= 0.6 is 23.4 Å². The van der Waals surface area contributed by atoms with Crippen LogP contribution in [0.25, 0.3) is 11.2 Å². The second-order valence-corrected chi connectivity index (χ2v) is 11.1. The smallest absolute Gasteiger partial charge is 0.343 e. The number of anilines is 1. The Morgan fingerprint density at radius 3 is 2.86 bits per heavy atom. The van der Waals surface area contributed by atoms with E-state index in [1.165, 1.54) is 10.9 Å². The predicted molar refractivity (Wildman–Crippen MR) is 127 cm³/mol. The molecular formula is C19H23ClN6O7S2. The van der Waals surface area contributed by atoms with E-state index >= 15 is 0 Å². The normalized spacial score (nSPS) is 28.8. The van der Waals surface area contributed by atoms with Crippen molar-refractivity contribution in [2.24, 2.45) is 0 Å². The van der Waals surface area contributed by atoms with Crippen molar-refractivity contribution in [3.8, 4) is 12.3 Å². The second kappa shape index (κ2) is 10.5. The van der Waals surface area contributed by atoms with Crippen LogP contribution in [0.2, 0.25) is 5.28 Å². The van der Waals surface area contributed by atoms with E-state index in [1.807, 2.05) is 0 Å². The van der Waals surface area contributed by atoms with E-state index < -0.39 is 53.0 Å². The predicted octanol–water partition coefficient (Wildman–Crippen LogP) is -0.438. The fourth-order valence-corrected chi connectivity index (χ4v) is 6.58. The number of rotatable bonds is 9. The van der Waals surface area contributed by atoms with Crippen molar-refractivity contribution in [3.05, 3.63) is 11.6 Å². The highest BCUT2D eigenvalue weighted by Gasteiger charge is 2.56. The fourth-order valence-electron chi connectivity index (χ4n) is 3.87. The number of ether oxygens (including phenoxy) is 2. The number of imidazole rings is 1. The molecule has 5 N–H and O–H groups in total. The molecule has 35 heavy (non-hydrogen) atoms. The van der Waals surface area contributed by atoms with Crippen LogP contribution in [0.3, 0.4) is 0 Å². The van der Waals surface area contributed by atoms with Gasteiger partial charge in [0.2, 0.25) is 10.7 Å². The van der Waals surface area contributed by atoms with Gasteiger partial charge in [-0.15, -0.1) is 18.2 Å². The molecule has 0 saturated carbocycles. The number of nitrogens with zero attached hydrogens (tertiary/aromatic N) is 5. The lowest BCUT2D eigenvalue weighted by molar-refractivity contribution is -0.148. The molecule has 0 spiro atoms. The van der Waals surface area contributed by atoms with Crippen LogP contribution in [0.5, 0.6) is 0 Å². The molecule has 13 nitrogen and oxygen atoms in total.